The Morgan fingerprint density at radius 3 is 2.41 bits per heavy atom. The molecule has 0 bridgehead atoms. The van der Waals surface area contributed by atoms with Crippen molar-refractivity contribution < 1.29 is 13.5 Å². The van der Waals surface area contributed by atoms with Gasteiger partial charge in [0, 0.05) is 18.7 Å². The van der Waals surface area contributed by atoms with Crippen molar-refractivity contribution in [1.29, 1.82) is 5.41 Å². The highest BCUT2D eigenvalue weighted by molar-refractivity contribution is 8.14. The van der Waals surface area contributed by atoms with E-state index in [2.05, 4.69) is 0 Å². The van der Waals surface area contributed by atoms with Crippen molar-refractivity contribution in [3.05, 3.63) is 64.7 Å². The van der Waals surface area contributed by atoms with Crippen molar-refractivity contribution in [1.82, 2.24) is 9.21 Å². The Hall–Kier alpha value is -1.42. The summed E-state index contributed by atoms with van der Waals surface area (Å²) in [6.45, 7) is 4.14. The first-order chi connectivity index (χ1) is 13.7. The summed E-state index contributed by atoms with van der Waals surface area (Å²) in [4.78, 5) is 1.61. The topological polar surface area (TPSA) is 84.7 Å². The molecule has 2 aromatic carbocycles. The molecule has 2 N–H and O–H groups in total. The molecule has 1 saturated heterocycles. The normalized spacial score (nSPS) is 23.1. The Morgan fingerprint density at radius 1 is 1.21 bits per heavy atom. The SMILES string of the molecule is CCN(CC)S(=O)(=O)c1cc(C2(O)C(=N)SC(c3ccccc3)N2C)ccc1Cl. The van der Waals surface area contributed by atoms with E-state index in [0.29, 0.717) is 18.7 Å². The van der Waals surface area contributed by atoms with E-state index in [1.54, 1.807) is 31.9 Å². The molecule has 1 aliphatic heterocycles. The molecule has 1 aliphatic rings. The van der Waals surface area contributed by atoms with Crippen LogP contribution in [0.25, 0.3) is 0 Å². The lowest BCUT2D eigenvalue weighted by Crippen LogP contribution is -2.44. The van der Waals surface area contributed by atoms with Gasteiger partial charge < -0.3 is 5.11 Å². The highest BCUT2D eigenvalue weighted by Gasteiger charge is 2.50. The Kier molecular flexibility index (Phi) is 6.43. The average Bonchev–Trinajstić information content (AvgIpc) is 2.94. The maximum Gasteiger partial charge on any atom is 0.244 e. The van der Waals surface area contributed by atoms with E-state index in [1.165, 1.54) is 28.2 Å². The van der Waals surface area contributed by atoms with E-state index in [9.17, 15) is 13.5 Å². The Morgan fingerprint density at radius 2 is 1.83 bits per heavy atom. The lowest BCUT2D eigenvalue weighted by molar-refractivity contribution is -0.0382. The van der Waals surface area contributed by atoms with Gasteiger partial charge in [-0.15, -0.1) is 0 Å². The largest absolute Gasteiger partial charge is 0.366 e. The van der Waals surface area contributed by atoms with E-state index >= 15 is 0 Å². The molecule has 0 aromatic heterocycles. The van der Waals surface area contributed by atoms with Gasteiger partial charge in [0.05, 0.1) is 10.4 Å². The van der Waals surface area contributed by atoms with Crippen molar-refractivity contribution in [2.24, 2.45) is 0 Å². The van der Waals surface area contributed by atoms with Gasteiger partial charge in [-0.25, -0.2) is 8.42 Å². The van der Waals surface area contributed by atoms with E-state index in [4.69, 9.17) is 17.0 Å². The molecule has 2 unspecified atom stereocenters. The zero-order chi connectivity index (χ0) is 21.4. The molecule has 2 atom stereocenters. The summed E-state index contributed by atoms with van der Waals surface area (Å²) >= 11 is 7.46. The number of thioether (sulfide) groups is 1. The van der Waals surface area contributed by atoms with Crippen LogP contribution in [0.4, 0.5) is 0 Å². The van der Waals surface area contributed by atoms with Gasteiger partial charge in [0.1, 0.15) is 9.94 Å². The number of hydrogen-bond acceptors (Lipinski definition) is 6. The third kappa shape index (κ3) is 3.73. The summed E-state index contributed by atoms with van der Waals surface area (Å²) < 4.78 is 27.4. The molecule has 1 fully saturated rings. The van der Waals surface area contributed by atoms with Gasteiger partial charge in [-0.05, 0) is 24.7 Å². The zero-order valence-corrected chi connectivity index (χ0v) is 18.9. The zero-order valence-electron chi connectivity index (χ0n) is 16.5. The van der Waals surface area contributed by atoms with Crippen LogP contribution in [0.1, 0.15) is 30.3 Å². The van der Waals surface area contributed by atoms with Gasteiger partial charge in [0.15, 0.2) is 5.72 Å². The monoisotopic (exact) mass is 453 g/mol. The van der Waals surface area contributed by atoms with Gasteiger partial charge in [0.25, 0.3) is 0 Å². The molecule has 2 aromatic rings. The Labute approximate surface area is 181 Å². The van der Waals surface area contributed by atoms with Crippen LogP contribution in [-0.4, -0.2) is 47.9 Å². The molecular weight excluding hydrogens is 430 g/mol. The molecule has 0 amide bonds. The molecule has 9 heteroatoms. The quantitative estimate of drug-likeness (QED) is 0.693. The molecule has 156 valence electrons. The minimum atomic E-state index is -3.82. The van der Waals surface area contributed by atoms with Gasteiger partial charge in [-0.1, -0.05) is 73.6 Å². The summed E-state index contributed by atoms with van der Waals surface area (Å²) in [5.41, 5.74) is -0.500. The fourth-order valence-corrected chi connectivity index (χ4v) is 6.68. The van der Waals surface area contributed by atoms with E-state index in [0.717, 1.165) is 5.56 Å². The molecule has 6 nitrogen and oxygen atoms in total. The third-order valence-electron chi connectivity index (χ3n) is 5.15. The second kappa shape index (κ2) is 8.37. The summed E-state index contributed by atoms with van der Waals surface area (Å²) in [5.74, 6) is 0. The van der Waals surface area contributed by atoms with Gasteiger partial charge >= 0.3 is 0 Å². The minimum absolute atomic E-state index is 0.0300. The number of rotatable bonds is 6. The second-order valence-electron chi connectivity index (χ2n) is 6.73. The van der Waals surface area contributed by atoms with Crippen LogP contribution in [0.5, 0.6) is 0 Å². The predicted octanol–water partition coefficient (Wildman–Crippen LogP) is 3.87. The molecule has 3 rings (SSSR count). The first-order valence-corrected chi connectivity index (χ1v) is 11.9. The number of aliphatic hydroxyl groups is 1. The van der Waals surface area contributed by atoms with E-state index < -0.39 is 15.7 Å². The fraction of sp³-hybridized carbons (Fsp3) is 0.350. The lowest BCUT2D eigenvalue weighted by atomic mass is 10.0. The first kappa shape index (κ1) is 22.3. The Balaban J connectivity index is 2.08. The van der Waals surface area contributed by atoms with Gasteiger partial charge in [-0.2, -0.15) is 4.31 Å². The minimum Gasteiger partial charge on any atom is -0.366 e. The predicted molar refractivity (Wildman–Crippen MR) is 118 cm³/mol. The van der Waals surface area contributed by atoms with Crippen molar-refractivity contribution in [3.63, 3.8) is 0 Å². The van der Waals surface area contributed by atoms with Crippen LogP contribution in [0.15, 0.2) is 53.4 Å². The second-order valence-corrected chi connectivity index (χ2v) is 10.1. The number of nitrogens with one attached hydrogen (secondary N) is 1. The number of benzene rings is 2. The van der Waals surface area contributed by atoms with Crippen molar-refractivity contribution >= 4 is 38.4 Å². The number of nitrogens with zero attached hydrogens (tertiary/aromatic N) is 2. The van der Waals surface area contributed by atoms with Crippen molar-refractivity contribution in [3.8, 4) is 0 Å². The first-order valence-electron chi connectivity index (χ1n) is 9.24. The molecule has 0 radical (unpaired) electrons. The summed E-state index contributed by atoms with van der Waals surface area (Å²) in [7, 11) is -2.10. The van der Waals surface area contributed by atoms with Crippen LogP contribution in [0, 0.1) is 5.41 Å². The average molecular weight is 454 g/mol. The van der Waals surface area contributed by atoms with Gasteiger partial charge in [0.2, 0.25) is 10.0 Å². The maximum absolute atomic E-state index is 13.0. The van der Waals surface area contributed by atoms with Crippen molar-refractivity contribution in [2.75, 3.05) is 20.1 Å². The van der Waals surface area contributed by atoms with Gasteiger partial charge in [-0.3, -0.25) is 10.3 Å². The lowest BCUT2D eigenvalue weighted by Gasteiger charge is -2.33. The van der Waals surface area contributed by atoms with Crippen LogP contribution in [0.2, 0.25) is 5.02 Å². The van der Waals surface area contributed by atoms with Crippen molar-refractivity contribution in [2.45, 2.75) is 29.8 Å². The molecule has 1 heterocycles. The molecule has 0 aliphatic carbocycles. The molecular formula is C20H24ClN3O3S2. The highest BCUT2D eigenvalue weighted by atomic mass is 35.5. The standard InChI is InChI=1S/C20H24ClN3O3S2/c1-4-24(5-2)29(26,27)17-13-15(11-12-16(17)21)20(25)19(22)28-18(23(20)3)14-9-7-6-8-10-14/h6-13,18,22,25H,4-5H2,1-3H3. The van der Waals surface area contributed by atoms with E-state index in [1.807, 2.05) is 30.3 Å². The smallest absolute Gasteiger partial charge is 0.244 e. The summed E-state index contributed by atoms with van der Waals surface area (Å²) in [6.07, 6.45) is 0. The molecule has 29 heavy (non-hydrogen) atoms. The number of hydrogen-bond donors (Lipinski definition) is 2. The van der Waals surface area contributed by atoms with Crippen LogP contribution in [-0.2, 0) is 15.7 Å². The van der Waals surface area contributed by atoms with Crippen LogP contribution in [0.3, 0.4) is 0 Å². The number of sulfonamides is 1. The Bertz CT molecular complexity index is 1010. The van der Waals surface area contributed by atoms with Crippen LogP contribution < -0.4 is 0 Å². The fourth-order valence-electron chi connectivity index (χ4n) is 3.47. The number of halogens is 1. The highest BCUT2D eigenvalue weighted by Crippen LogP contribution is 2.50. The third-order valence-corrected chi connectivity index (χ3v) is 9.01. The van der Waals surface area contributed by atoms with Crippen LogP contribution >= 0.6 is 23.4 Å². The summed E-state index contributed by atoms with van der Waals surface area (Å²) in [5, 5.41) is 19.8. The molecule has 0 spiro atoms. The summed E-state index contributed by atoms with van der Waals surface area (Å²) in [6, 6.07) is 14.0. The maximum atomic E-state index is 13.0. The van der Waals surface area contributed by atoms with E-state index in [-0.39, 0.29) is 20.3 Å². The molecule has 0 saturated carbocycles.